The number of rotatable bonds is 5. The predicted molar refractivity (Wildman–Crippen MR) is 85.1 cm³/mol. The van der Waals surface area contributed by atoms with E-state index in [1.807, 2.05) is 6.07 Å². The van der Waals surface area contributed by atoms with Gasteiger partial charge in [-0.25, -0.2) is 0 Å². The third-order valence-electron chi connectivity index (χ3n) is 4.86. The summed E-state index contributed by atoms with van der Waals surface area (Å²) in [6, 6.07) is 10.4. The minimum Gasteiger partial charge on any atom is -0.376 e. The van der Waals surface area contributed by atoms with E-state index in [4.69, 9.17) is 9.47 Å². The second kappa shape index (κ2) is 6.76. The minimum absolute atomic E-state index is 0.194. The van der Waals surface area contributed by atoms with Gasteiger partial charge >= 0.3 is 0 Å². The Bertz CT molecular complexity index is 460. The van der Waals surface area contributed by atoms with E-state index in [-0.39, 0.29) is 11.5 Å². The van der Waals surface area contributed by atoms with Crippen molar-refractivity contribution in [3.05, 3.63) is 48.0 Å². The van der Waals surface area contributed by atoms with Gasteiger partial charge in [0.15, 0.2) is 0 Å². The molecule has 0 unspecified atom stereocenters. The Kier molecular flexibility index (Phi) is 4.77. The van der Waals surface area contributed by atoms with Gasteiger partial charge in [-0.15, -0.1) is 0 Å². The summed E-state index contributed by atoms with van der Waals surface area (Å²) in [5.74, 6) is 0. The molecule has 0 spiro atoms. The van der Waals surface area contributed by atoms with Gasteiger partial charge in [-0.3, -0.25) is 0 Å². The molecule has 1 aliphatic heterocycles. The van der Waals surface area contributed by atoms with Gasteiger partial charge in [0, 0.05) is 5.41 Å². The van der Waals surface area contributed by atoms with Crippen LogP contribution < -0.4 is 0 Å². The molecule has 1 heterocycles. The van der Waals surface area contributed by atoms with Crippen LogP contribution in [0.15, 0.2) is 42.5 Å². The highest BCUT2D eigenvalue weighted by Crippen LogP contribution is 2.44. The molecule has 1 saturated carbocycles. The van der Waals surface area contributed by atoms with Gasteiger partial charge in [0.25, 0.3) is 0 Å². The lowest BCUT2D eigenvalue weighted by molar-refractivity contribution is -0.0894. The van der Waals surface area contributed by atoms with Crippen LogP contribution in [0.2, 0.25) is 0 Å². The summed E-state index contributed by atoms with van der Waals surface area (Å²) >= 11 is 0. The van der Waals surface area contributed by atoms with E-state index in [1.165, 1.54) is 31.2 Å². The molecule has 3 rings (SSSR count). The highest BCUT2D eigenvalue weighted by Gasteiger charge is 2.42. The Morgan fingerprint density at radius 1 is 1.19 bits per heavy atom. The van der Waals surface area contributed by atoms with Crippen molar-refractivity contribution in [2.24, 2.45) is 5.41 Å². The molecule has 2 heteroatoms. The Hall–Kier alpha value is -1.12. The molecule has 0 amide bonds. The first kappa shape index (κ1) is 14.8. The lowest BCUT2D eigenvalue weighted by Crippen LogP contribution is -2.41. The number of ether oxygens (including phenoxy) is 2. The lowest BCUT2D eigenvalue weighted by atomic mass is 9.79. The van der Waals surface area contributed by atoms with Crippen molar-refractivity contribution >= 4 is 0 Å². The molecule has 0 bridgehead atoms. The first-order valence-electron chi connectivity index (χ1n) is 8.22. The Labute approximate surface area is 128 Å². The molecule has 0 aromatic heterocycles. The highest BCUT2D eigenvalue weighted by molar-refractivity contribution is 5.13. The second-order valence-electron chi connectivity index (χ2n) is 6.58. The van der Waals surface area contributed by atoms with E-state index >= 15 is 0 Å². The van der Waals surface area contributed by atoms with Crippen molar-refractivity contribution in [3.63, 3.8) is 0 Å². The molecular formula is C19H26O2. The first-order valence-corrected chi connectivity index (χ1v) is 8.22. The van der Waals surface area contributed by atoms with Crippen molar-refractivity contribution in [1.29, 1.82) is 0 Å². The van der Waals surface area contributed by atoms with Crippen LogP contribution in [0.4, 0.5) is 0 Å². The molecule has 1 aliphatic carbocycles. The zero-order valence-electron chi connectivity index (χ0n) is 13.0. The maximum absolute atomic E-state index is 6.21. The maximum Gasteiger partial charge on any atom is 0.0837 e. The van der Waals surface area contributed by atoms with Gasteiger partial charge in [0.05, 0.1) is 25.4 Å². The van der Waals surface area contributed by atoms with Gasteiger partial charge in [0.1, 0.15) is 0 Å². The van der Waals surface area contributed by atoms with Gasteiger partial charge in [0.2, 0.25) is 0 Å². The van der Waals surface area contributed by atoms with E-state index < -0.39 is 0 Å². The largest absolute Gasteiger partial charge is 0.376 e. The van der Waals surface area contributed by atoms with Crippen molar-refractivity contribution in [1.82, 2.24) is 0 Å². The van der Waals surface area contributed by atoms with Crippen LogP contribution in [0.25, 0.3) is 0 Å². The smallest absolute Gasteiger partial charge is 0.0837 e. The van der Waals surface area contributed by atoms with E-state index in [0.717, 1.165) is 13.0 Å². The van der Waals surface area contributed by atoms with E-state index in [2.05, 4.69) is 43.3 Å². The molecule has 2 atom stereocenters. The van der Waals surface area contributed by atoms with Crippen LogP contribution in [-0.4, -0.2) is 18.8 Å². The summed E-state index contributed by atoms with van der Waals surface area (Å²) in [4.78, 5) is 0. The quantitative estimate of drug-likeness (QED) is 0.742. The summed E-state index contributed by atoms with van der Waals surface area (Å²) in [6.45, 7) is 3.68. The van der Waals surface area contributed by atoms with Crippen molar-refractivity contribution in [3.8, 4) is 0 Å². The van der Waals surface area contributed by atoms with Gasteiger partial charge in [-0.05, 0) is 31.7 Å². The maximum atomic E-state index is 6.21. The predicted octanol–water partition coefficient (Wildman–Crippen LogP) is 4.50. The Morgan fingerprint density at radius 2 is 1.95 bits per heavy atom. The van der Waals surface area contributed by atoms with Crippen LogP contribution in [0.5, 0.6) is 0 Å². The zero-order chi connectivity index (χ0) is 14.5. The van der Waals surface area contributed by atoms with E-state index in [1.54, 1.807) is 0 Å². The topological polar surface area (TPSA) is 18.5 Å². The van der Waals surface area contributed by atoms with E-state index in [0.29, 0.717) is 12.7 Å². The molecule has 0 saturated heterocycles. The first-order chi connectivity index (χ1) is 10.3. The van der Waals surface area contributed by atoms with Gasteiger partial charge in [-0.2, -0.15) is 0 Å². The van der Waals surface area contributed by atoms with Crippen molar-refractivity contribution in [2.45, 2.75) is 57.8 Å². The van der Waals surface area contributed by atoms with Gasteiger partial charge in [-0.1, -0.05) is 55.3 Å². The fourth-order valence-electron chi connectivity index (χ4n) is 3.63. The van der Waals surface area contributed by atoms with Crippen LogP contribution in [0, 0.1) is 5.41 Å². The second-order valence-corrected chi connectivity index (χ2v) is 6.58. The monoisotopic (exact) mass is 286 g/mol. The van der Waals surface area contributed by atoms with Crippen LogP contribution in [-0.2, 0) is 16.1 Å². The van der Waals surface area contributed by atoms with Crippen LogP contribution in [0.3, 0.4) is 0 Å². The summed E-state index contributed by atoms with van der Waals surface area (Å²) in [7, 11) is 0. The molecule has 2 aliphatic rings. The molecular weight excluding hydrogens is 260 g/mol. The lowest BCUT2D eigenvalue weighted by Gasteiger charge is -2.38. The molecule has 1 aromatic carbocycles. The molecule has 21 heavy (non-hydrogen) atoms. The summed E-state index contributed by atoms with van der Waals surface area (Å²) < 4.78 is 12.3. The summed E-state index contributed by atoms with van der Waals surface area (Å²) in [6.07, 6.45) is 11.2. The fourth-order valence-corrected chi connectivity index (χ4v) is 3.63. The number of hydrogen-bond donors (Lipinski definition) is 0. The molecule has 1 aromatic rings. The summed E-state index contributed by atoms with van der Waals surface area (Å²) in [5, 5.41) is 0. The normalized spacial score (nSPS) is 27.9. The highest BCUT2D eigenvalue weighted by atomic mass is 16.5. The van der Waals surface area contributed by atoms with Crippen molar-refractivity contribution < 1.29 is 9.47 Å². The standard InChI is InChI=1S/C19H26O2/c1-16-8-7-11-18(21-16)19(12-5-6-13-19)15-20-14-17-9-3-2-4-10-17/h2-4,7,9-11,16,18H,5-6,8,12-15H2,1H3/t16-,18-/m1/s1. The molecule has 0 N–H and O–H groups in total. The average molecular weight is 286 g/mol. The van der Waals surface area contributed by atoms with E-state index in [9.17, 15) is 0 Å². The third-order valence-corrected chi connectivity index (χ3v) is 4.86. The fraction of sp³-hybridized carbons (Fsp3) is 0.579. The Morgan fingerprint density at radius 3 is 2.67 bits per heavy atom. The number of hydrogen-bond acceptors (Lipinski definition) is 2. The molecule has 114 valence electrons. The molecule has 0 radical (unpaired) electrons. The zero-order valence-corrected chi connectivity index (χ0v) is 13.0. The van der Waals surface area contributed by atoms with Crippen LogP contribution >= 0.6 is 0 Å². The molecule has 2 nitrogen and oxygen atoms in total. The van der Waals surface area contributed by atoms with Gasteiger partial charge < -0.3 is 9.47 Å². The average Bonchev–Trinajstić information content (AvgIpc) is 2.98. The third kappa shape index (κ3) is 3.56. The van der Waals surface area contributed by atoms with Crippen LogP contribution in [0.1, 0.15) is 44.6 Å². The van der Waals surface area contributed by atoms with Crippen molar-refractivity contribution in [2.75, 3.05) is 6.61 Å². The number of benzene rings is 1. The Balaban J connectivity index is 1.61. The minimum atomic E-state index is 0.194. The summed E-state index contributed by atoms with van der Waals surface area (Å²) in [5.41, 5.74) is 1.44. The SMILES string of the molecule is C[C@@H]1CC=C[C@H](C2(COCc3ccccc3)CCCC2)O1. The molecule has 1 fully saturated rings.